The average molecular weight is 316 g/mol. The molecular formula is C14H22BrNO2. The minimum absolute atomic E-state index is 0.00264. The Morgan fingerprint density at radius 2 is 2.00 bits per heavy atom. The molecule has 3 nitrogen and oxygen atoms in total. The van der Waals surface area contributed by atoms with Gasteiger partial charge in [-0.3, -0.25) is 4.79 Å². The molecule has 0 unspecified atom stereocenters. The lowest BCUT2D eigenvalue weighted by atomic mass is 10.1. The van der Waals surface area contributed by atoms with E-state index in [9.17, 15) is 4.79 Å². The smallest absolute Gasteiger partial charge is 0.289 e. The third-order valence-electron chi connectivity index (χ3n) is 3.19. The standard InChI is InChI=1S/C14H22BrNO2/c1-4-11(5-2)16(10-9-15)14(17)13-8-7-12(6-3)18-13/h7-8,11H,4-6,9-10H2,1-3H3. The molecule has 0 saturated heterocycles. The van der Waals surface area contributed by atoms with E-state index >= 15 is 0 Å². The van der Waals surface area contributed by atoms with Crippen LogP contribution in [0.15, 0.2) is 16.5 Å². The van der Waals surface area contributed by atoms with Crippen molar-refractivity contribution in [3.05, 3.63) is 23.7 Å². The van der Waals surface area contributed by atoms with Crippen LogP contribution in [0.2, 0.25) is 0 Å². The molecule has 0 aliphatic rings. The normalized spacial score (nSPS) is 10.9. The van der Waals surface area contributed by atoms with Crippen LogP contribution in [0.25, 0.3) is 0 Å². The number of alkyl halides is 1. The van der Waals surface area contributed by atoms with Gasteiger partial charge in [-0.25, -0.2) is 0 Å². The molecule has 0 saturated carbocycles. The third kappa shape index (κ3) is 3.61. The highest BCUT2D eigenvalue weighted by atomic mass is 79.9. The van der Waals surface area contributed by atoms with Gasteiger partial charge in [0.1, 0.15) is 5.76 Å². The summed E-state index contributed by atoms with van der Waals surface area (Å²) in [4.78, 5) is 14.3. The van der Waals surface area contributed by atoms with E-state index in [2.05, 4.69) is 29.8 Å². The van der Waals surface area contributed by atoms with Gasteiger partial charge in [-0.05, 0) is 25.0 Å². The highest BCUT2D eigenvalue weighted by Crippen LogP contribution is 2.16. The molecule has 0 aromatic carbocycles. The number of rotatable bonds is 7. The van der Waals surface area contributed by atoms with E-state index in [0.717, 1.165) is 30.4 Å². The van der Waals surface area contributed by atoms with Crippen LogP contribution in [0.3, 0.4) is 0 Å². The zero-order valence-corrected chi connectivity index (χ0v) is 13.0. The molecule has 1 heterocycles. The highest BCUT2D eigenvalue weighted by molar-refractivity contribution is 9.09. The number of hydrogen-bond acceptors (Lipinski definition) is 2. The summed E-state index contributed by atoms with van der Waals surface area (Å²) in [6.07, 6.45) is 2.75. The van der Waals surface area contributed by atoms with Crippen LogP contribution in [0.4, 0.5) is 0 Å². The number of nitrogens with zero attached hydrogens (tertiary/aromatic N) is 1. The summed E-state index contributed by atoms with van der Waals surface area (Å²) >= 11 is 3.41. The van der Waals surface area contributed by atoms with Gasteiger partial charge in [-0.15, -0.1) is 0 Å². The monoisotopic (exact) mass is 315 g/mol. The summed E-state index contributed by atoms with van der Waals surface area (Å²) in [5, 5.41) is 0.788. The topological polar surface area (TPSA) is 33.5 Å². The van der Waals surface area contributed by atoms with Crippen molar-refractivity contribution in [1.82, 2.24) is 4.90 Å². The number of furan rings is 1. The molecule has 0 aliphatic heterocycles. The first-order valence-electron chi connectivity index (χ1n) is 6.63. The molecule has 4 heteroatoms. The number of carbonyl (C=O) groups is 1. The van der Waals surface area contributed by atoms with E-state index < -0.39 is 0 Å². The second-order valence-corrected chi connectivity index (χ2v) is 5.07. The molecule has 0 aliphatic carbocycles. The quantitative estimate of drug-likeness (QED) is 0.716. The Balaban J connectivity index is 2.87. The van der Waals surface area contributed by atoms with E-state index in [1.807, 2.05) is 17.9 Å². The molecule has 18 heavy (non-hydrogen) atoms. The highest BCUT2D eigenvalue weighted by Gasteiger charge is 2.24. The maximum atomic E-state index is 12.4. The van der Waals surface area contributed by atoms with Crippen molar-refractivity contribution in [2.75, 3.05) is 11.9 Å². The van der Waals surface area contributed by atoms with Crippen LogP contribution in [-0.4, -0.2) is 28.7 Å². The molecule has 0 radical (unpaired) electrons. The minimum atomic E-state index is 0.00264. The van der Waals surface area contributed by atoms with E-state index in [1.54, 1.807) is 6.07 Å². The maximum absolute atomic E-state index is 12.4. The predicted octanol–water partition coefficient (Wildman–Crippen LogP) is 3.87. The van der Waals surface area contributed by atoms with Gasteiger partial charge < -0.3 is 9.32 Å². The van der Waals surface area contributed by atoms with Gasteiger partial charge in [0.2, 0.25) is 0 Å². The van der Waals surface area contributed by atoms with Gasteiger partial charge in [-0.2, -0.15) is 0 Å². The van der Waals surface area contributed by atoms with Crippen LogP contribution in [0.1, 0.15) is 49.9 Å². The number of halogens is 1. The second kappa shape index (κ2) is 7.62. The fourth-order valence-corrected chi connectivity index (χ4v) is 2.48. The van der Waals surface area contributed by atoms with Crippen molar-refractivity contribution in [1.29, 1.82) is 0 Å². The number of carbonyl (C=O) groups excluding carboxylic acids is 1. The summed E-state index contributed by atoms with van der Waals surface area (Å²) in [7, 11) is 0. The Kier molecular flexibility index (Phi) is 6.47. The molecule has 0 bridgehead atoms. The largest absolute Gasteiger partial charge is 0.456 e. The fourth-order valence-electron chi connectivity index (χ4n) is 2.09. The zero-order valence-electron chi connectivity index (χ0n) is 11.4. The lowest BCUT2D eigenvalue weighted by Gasteiger charge is -2.29. The fraction of sp³-hybridized carbons (Fsp3) is 0.643. The van der Waals surface area contributed by atoms with E-state index in [-0.39, 0.29) is 11.9 Å². The van der Waals surface area contributed by atoms with Gasteiger partial charge in [0.05, 0.1) is 0 Å². The predicted molar refractivity (Wildman–Crippen MR) is 77.3 cm³/mol. The first-order valence-corrected chi connectivity index (χ1v) is 7.75. The molecule has 1 amide bonds. The van der Waals surface area contributed by atoms with Gasteiger partial charge >= 0.3 is 0 Å². The van der Waals surface area contributed by atoms with Crippen molar-refractivity contribution < 1.29 is 9.21 Å². The molecular weight excluding hydrogens is 294 g/mol. The molecule has 0 fully saturated rings. The number of hydrogen-bond donors (Lipinski definition) is 0. The third-order valence-corrected chi connectivity index (χ3v) is 3.55. The van der Waals surface area contributed by atoms with Gasteiger partial charge in [-0.1, -0.05) is 36.7 Å². The van der Waals surface area contributed by atoms with Crippen molar-refractivity contribution in [2.24, 2.45) is 0 Å². The molecule has 1 aromatic rings. The summed E-state index contributed by atoms with van der Waals surface area (Å²) in [6, 6.07) is 3.95. The van der Waals surface area contributed by atoms with Crippen molar-refractivity contribution >= 4 is 21.8 Å². The summed E-state index contributed by atoms with van der Waals surface area (Å²) < 4.78 is 5.55. The molecule has 0 atom stereocenters. The number of amides is 1. The molecule has 1 rings (SSSR count). The second-order valence-electron chi connectivity index (χ2n) is 4.28. The zero-order chi connectivity index (χ0) is 13.5. The lowest BCUT2D eigenvalue weighted by Crippen LogP contribution is -2.40. The molecule has 1 aromatic heterocycles. The van der Waals surface area contributed by atoms with E-state index in [4.69, 9.17) is 4.42 Å². The van der Waals surface area contributed by atoms with Gasteiger partial charge in [0, 0.05) is 24.3 Å². The van der Waals surface area contributed by atoms with Crippen LogP contribution >= 0.6 is 15.9 Å². The number of aryl methyl sites for hydroxylation is 1. The molecule has 102 valence electrons. The van der Waals surface area contributed by atoms with Crippen molar-refractivity contribution in [2.45, 2.75) is 46.1 Å². The summed E-state index contributed by atoms with van der Waals surface area (Å²) in [5.41, 5.74) is 0. The van der Waals surface area contributed by atoms with Gasteiger partial charge in [0.15, 0.2) is 5.76 Å². The van der Waals surface area contributed by atoms with E-state index in [1.165, 1.54) is 0 Å². The molecule has 0 N–H and O–H groups in total. The van der Waals surface area contributed by atoms with E-state index in [0.29, 0.717) is 12.3 Å². The Morgan fingerprint density at radius 1 is 1.33 bits per heavy atom. The Morgan fingerprint density at radius 3 is 2.44 bits per heavy atom. The van der Waals surface area contributed by atoms with Crippen molar-refractivity contribution in [3.8, 4) is 0 Å². The van der Waals surface area contributed by atoms with Crippen LogP contribution in [0.5, 0.6) is 0 Å². The SMILES string of the molecule is CCc1ccc(C(=O)N(CCBr)C(CC)CC)o1. The Bertz CT molecular complexity index is 372. The maximum Gasteiger partial charge on any atom is 0.289 e. The lowest BCUT2D eigenvalue weighted by molar-refractivity contribution is 0.0648. The van der Waals surface area contributed by atoms with Gasteiger partial charge in [0.25, 0.3) is 5.91 Å². The first-order chi connectivity index (χ1) is 8.67. The van der Waals surface area contributed by atoms with Crippen LogP contribution in [0, 0.1) is 0 Å². The van der Waals surface area contributed by atoms with Crippen molar-refractivity contribution in [3.63, 3.8) is 0 Å². The average Bonchev–Trinajstić information content (AvgIpc) is 2.87. The Labute approximate surface area is 118 Å². The van der Waals surface area contributed by atoms with Crippen LogP contribution in [-0.2, 0) is 6.42 Å². The Hall–Kier alpha value is -0.770. The summed E-state index contributed by atoms with van der Waals surface area (Å²) in [5.74, 6) is 1.32. The first kappa shape index (κ1) is 15.3. The van der Waals surface area contributed by atoms with Crippen LogP contribution < -0.4 is 0 Å². The minimum Gasteiger partial charge on any atom is -0.456 e. The summed E-state index contributed by atoms with van der Waals surface area (Å²) in [6.45, 7) is 6.96. The molecule has 0 spiro atoms.